The minimum atomic E-state index is -0.405. The highest BCUT2D eigenvalue weighted by molar-refractivity contribution is 5.00. The highest BCUT2D eigenvalue weighted by Crippen LogP contribution is 2.48. The van der Waals surface area contributed by atoms with Gasteiger partial charge in [0.25, 0.3) is 0 Å². The summed E-state index contributed by atoms with van der Waals surface area (Å²) in [7, 11) is 0. The van der Waals surface area contributed by atoms with Crippen LogP contribution in [0, 0.1) is 5.92 Å². The van der Waals surface area contributed by atoms with Crippen LogP contribution < -0.4 is 5.32 Å². The monoisotopic (exact) mass is 225 g/mol. The van der Waals surface area contributed by atoms with Crippen LogP contribution >= 0.6 is 0 Å². The van der Waals surface area contributed by atoms with E-state index in [9.17, 15) is 5.11 Å². The summed E-state index contributed by atoms with van der Waals surface area (Å²) in [6, 6.07) is 0. The van der Waals surface area contributed by atoms with E-state index in [1.807, 2.05) is 0 Å². The maximum absolute atomic E-state index is 10.8. The number of nitrogens with one attached hydrogen (secondary N) is 1. The van der Waals surface area contributed by atoms with Gasteiger partial charge in [0.1, 0.15) is 0 Å². The van der Waals surface area contributed by atoms with Crippen LogP contribution in [0.2, 0.25) is 0 Å². The van der Waals surface area contributed by atoms with E-state index in [2.05, 4.69) is 5.32 Å². The maximum atomic E-state index is 10.8. The molecule has 0 aromatic heterocycles. The fourth-order valence-corrected chi connectivity index (χ4v) is 3.67. The van der Waals surface area contributed by atoms with E-state index in [1.54, 1.807) is 0 Å². The number of rotatable bonds is 1. The summed E-state index contributed by atoms with van der Waals surface area (Å²) in [6.45, 7) is 2.81. The van der Waals surface area contributed by atoms with Crippen molar-refractivity contribution in [2.75, 3.05) is 19.7 Å². The fraction of sp³-hybridized carbons (Fsp3) is 1.00. The molecule has 0 aromatic carbocycles. The van der Waals surface area contributed by atoms with Crippen molar-refractivity contribution in [2.24, 2.45) is 5.92 Å². The number of piperidine rings is 1. The van der Waals surface area contributed by atoms with Crippen molar-refractivity contribution in [3.8, 4) is 0 Å². The molecule has 0 amide bonds. The molecule has 1 atom stereocenters. The van der Waals surface area contributed by atoms with E-state index >= 15 is 0 Å². The zero-order chi connectivity index (χ0) is 11.1. The molecule has 2 heterocycles. The van der Waals surface area contributed by atoms with E-state index in [0.29, 0.717) is 5.92 Å². The first-order chi connectivity index (χ1) is 7.73. The highest BCUT2D eigenvalue weighted by Gasteiger charge is 2.48. The molecule has 3 aliphatic rings. The molecule has 0 radical (unpaired) electrons. The lowest BCUT2D eigenvalue weighted by Crippen LogP contribution is -2.54. The van der Waals surface area contributed by atoms with Crippen molar-refractivity contribution < 1.29 is 9.84 Å². The van der Waals surface area contributed by atoms with E-state index in [0.717, 1.165) is 45.4 Å². The molecule has 3 heteroatoms. The molecule has 3 nitrogen and oxygen atoms in total. The standard InChI is InChI=1S/C13H23NO2/c15-13(5-7-14-8-6-13)11-2-9-16-12(10-11)3-1-4-12/h11,14-15H,1-10H2. The third-order valence-electron chi connectivity index (χ3n) is 4.99. The van der Waals surface area contributed by atoms with Gasteiger partial charge in [-0.2, -0.15) is 0 Å². The first kappa shape index (κ1) is 11.0. The Morgan fingerprint density at radius 3 is 2.50 bits per heavy atom. The molecule has 0 aromatic rings. The Kier molecular flexibility index (Phi) is 2.73. The molecule has 2 saturated heterocycles. The van der Waals surface area contributed by atoms with Gasteiger partial charge in [0, 0.05) is 6.61 Å². The average Bonchev–Trinajstić information content (AvgIpc) is 2.28. The van der Waals surface area contributed by atoms with Crippen LogP contribution in [0.4, 0.5) is 0 Å². The van der Waals surface area contributed by atoms with Gasteiger partial charge in [-0.1, -0.05) is 0 Å². The van der Waals surface area contributed by atoms with Gasteiger partial charge in [-0.25, -0.2) is 0 Å². The second-order valence-corrected chi connectivity index (χ2v) is 5.93. The summed E-state index contributed by atoms with van der Waals surface area (Å²) in [5, 5.41) is 14.1. The fourth-order valence-electron chi connectivity index (χ4n) is 3.67. The van der Waals surface area contributed by atoms with Crippen LogP contribution in [-0.4, -0.2) is 36.0 Å². The first-order valence-electron chi connectivity index (χ1n) is 6.80. The third-order valence-corrected chi connectivity index (χ3v) is 4.99. The van der Waals surface area contributed by atoms with E-state index in [4.69, 9.17) is 4.74 Å². The topological polar surface area (TPSA) is 41.5 Å². The molecule has 16 heavy (non-hydrogen) atoms. The summed E-state index contributed by atoms with van der Waals surface area (Å²) >= 11 is 0. The van der Waals surface area contributed by atoms with Crippen LogP contribution in [0.5, 0.6) is 0 Å². The van der Waals surface area contributed by atoms with Crippen molar-refractivity contribution in [3.05, 3.63) is 0 Å². The average molecular weight is 225 g/mol. The molecule has 92 valence electrons. The summed E-state index contributed by atoms with van der Waals surface area (Å²) in [5.41, 5.74) is -0.235. The largest absolute Gasteiger partial charge is 0.389 e. The highest BCUT2D eigenvalue weighted by atomic mass is 16.5. The van der Waals surface area contributed by atoms with Gasteiger partial charge < -0.3 is 15.2 Å². The Morgan fingerprint density at radius 1 is 1.12 bits per heavy atom. The Hall–Kier alpha value is -0.120. The van der Waals surface area contributed by atoms with Crippen molar-refractivity contribution in [1.82, 2.24) is 5.32 Å². The lowest BCUT2D eigenvalue weighted by molar-refractivity contribution is -0.179. The Morgan fingerprint density at radius 2 is 1.88 bits per heavy atom. The van der Waals surface area contributed by atoms with Gasteiger partial charge in [0.15, 0.2) is 0 Å². The molecular formula is C13H23NO2. The van der Waals surface area contributed by atoms with Crippen molar-refractivity contribution in [3.63, 3.8) is 0 Å². The molecule has 2 aliphatic heterocycles. The number of hydrogen-bond donors (Lipinski definition) is 2. The molecule has 3 rings (SSSR count). The van der Waals surface area contributed by atoms with Gasteiger partial charge in [-0.3, -0.25) is 0 Å². The molecule has 0 bridgehead atoms. The lowest BCUT2D eigenvalue weighted by atomic mass is 9.66. The molecule has 1 aliphatic carbocycles. The number of aliphatic hydroxyl groups is 1. The number of hydrogen-bond acceptors (Lipinski definition) is 3. The SMILES string of the molecule is OC1(C2CCOC3(CCC3)C2)CCNCC1. The Balaban J connectivity index is 1.68. The minimum Gasteiger partial charge on any atom is -0.389 e. The summed E-state index contributed by atoms with van der Waals surface area (Å²) in [4.78, 5) is 0. The van der Waals surface area contributed by atoms with Gasteiger partial charge in [0.2, 0.25) is 0 Å². The van der Waals surface area contributed by atoms with Gasteiger partial charge in [0.05, 0.1) is 11.2 Å². The van der Waals surface area contributed by atoms with Crippen LogP contribution in [0.15, 0.2) is 0 Å². The van der Waals surface area contributed by atoms with Crippen molar-refractivity contribution in [1.29, 1.82) is 0 Å². The van der Waals surface area contributed by atoms with Gasteiger partial charge in [-0.15, -0.1) is 0 Å². The van der Waals surface area contributed by atoms with Crippen LogP contribution in [0.25, 0.3) is 0 Å². The lowest BCUT2D eigenvalue weighted by Gasteiger charge is -2.51. The van der Waals surface area contributed by atoms with E-state index in [1.165, 1.54) is 19.3 Å². The molecule has 1 unspecified atom stereocenters. The van der Waals surface area contributed by atoms with Crippen LogP contribution in [-0.2, 0) is 4.74 Å². The molecule has 1 spiro atoms. The smallest absolute Gasteiger partial charge is 0.0701 e. The zero-order valence-corrected chi connectivity index (χ0v) is 10.0. The van der Waals surface area contributed by atoms with E-state index in [-0.39, 0.29) is 5.60 Å². The van der Waals surface area contributed by atoms with Crippen molar-refractivity contribution >= 4 is 0 Å². The van der Waals surface area contributed by atoms with Crippen LogP contribution in [0.1, 0.15) is 44.9 Å². The van der Waals surface area contributed by atoms with Crippen LogP contribution in [0.3, 0.4) is 0 Å². The predicted octanol–water partition coefficient (Wildman–Crippen LogP) is 1.45. The van der Waals surface area contributed by atoms with Gasteiger partial charge in [-0.05, 0) is 64.0 Å². The Bertz CT molecular complexity index is 257. The Labute approximate surface area is 97.6 Å². The first-order valence-corrected chi connectivity index (χ1v) is 6.80. The summed E-state index contributed by atoms with van der Waals surface area (Å²) in [6.07, 6.45) is 7.76. The second-order valence-electron chi connectivity index (χ2n) is 5.93. The van der Waals surface area contributed by atoms with Gasteiger partial charge >= 0.3 is 0 Å². The molecule has 2 N–H and O–H groups in total. The third kappa shape index (κ3) is 1.79. The maximum Gasteiger partial charge on any atom is 0.0701 e. The molecular weight excluding hydrogens is 202 g/mol. The summed E-state index contributed by atoms with van der Waals surface area (Å²) < 4.78 is 5.94. The molecule has 3 fully saturated rings. The van der Waals surface area contributed by atoms with E-state index < -0.39 is 5.60 Å². The van der Waals surface area contributed by atoms with Crippen molar-refractivity contribution in [2.45, 2.75) is 56.1 Å². The second kappa shape index (κ2) is 3.97. The quantitative estimate of drug-likeness (QED) is 0.709. The summed E-state index contributed by atoms with van der Waals surface area (Å²) in [5.74, 6) is 0.476. The number of ether oxygens (including phenoxy) is 1. The predicted molar refractivity (Wildman–Crippen MR) is 62.3 cm³/mol. The molecule has 1 saturated carbocycles. The zero-order valence-electron chi connectivity index (χ0n) is 10.0. The normalized spacial score (nSPS) is 36.9. The minimum absolute atomic E-state index is 0.170.